The van der Waals surface area contributed by atoms with Gasteiger partial charge in [0, 0.05) is 25.0 Å². The predicted octanol–water partition coefficient (Wildman–Crippen LogP) is 0.476. The van der Waals surface area contributed by atoms with E-state index in [2.05, 4.69) is 25.3 Å². The lowest BCUT2D eigenvalue weighted by Crippen LogP contribution is -2.24. The summed E-state index contributed by atoms with van der Waals surface area (Å²) in [5, 5.41) is 3.12. The van der Waals surface area contributed by atoms with E-state index < -0.39 is 0 Å². The number of hydrogen-bond acceptors (Lipinski definition) is 7. The van der Waals surface area contributed by atoms with Crippen molar-refractivity contribution in [3.63, 3.8) is 0 Å². The van der Waals surface area contributed by atoms with Gasteiger partial charge in [-0.05, 0) is 13.8 Å². The van der Waals surface area contributed by atoms with E-state index in [1.165, 1.54) is 0 Å². The fraction of sp³-hybridized carbons (Fsp3) is 0.455. The van der Waals surface area contributed by atoms with Crippen LogP contribution in [-0.2, 0) is 4.74 Å². The molecule has 0 aliphatic carbocycles. The highest BCUT2D eigenvalue weighted by Crippen LogP contribution is 2.08. The van der Waals surface area contributed by atoms with Crippen molar-refractivity contribution in [2.75, 3.05) is 24.3 Å². The smallest absolute Gasteiger partial charge is 0.241 e. The molecule has 2 aromatic rings. The van der Waals surface area contributed by atoms with Crippen LogP contribution in [0, 0.1) is 0 Å². The maximum atomic E-state index is 5.67. The van der Waals surface area contributed by atoms with Crippen molar-refractivity contribution in [2.45, 2.75) is 19.9 Å². The Morgan fingerprint density at radius 1 is 1.42 bits per heavy atom. The minimum atomic E-state index is 0.0809. The Kier molecular flexibility index (Phi) is 4.24. The summed E-state index contributed by atoms with van der Waals surface area (Å²) in [5.74, 6) is 1.00. The average Bonchev–Trinajstić information content (AvgIpc) is 2.89. The second-order valence-electron chi connectivity index (χ2n) is 3.99. The van der Waals surface area contributed by atoms with Gasteiger partial charge in [0.1, 0.15) is 6.33 Å². The molecule has 19 heavy (non-hydrogen) atoms. The molecule has 0 aliphatic heterocycles. The lowest BCUT2D eigenvalue weighted by molar-refractivity contribution is 0.141. The molecule has 2 rings (SSSR count). The first-order valence-corrected chi connectivity index (χ1v) is 6.03. The number of anilines is 2. The lowest BCUT2D eigenvalue weighted by atomic mass is 10.4. The molecule has 8 nitrogen and oxygen atoms in total. The summed E-state index contributed by atoms with van der Waals surface area (Å²) >= 11 is 0. The Morgan fingerprint density at radius 3 is 2.95 bits per heavy atom. The van der Waals surface area contributed by atoms with Gasteiger partial charge < -0.3 is 15.8 Å². The van der Waals surface area contributed by atoms with Gasteiger partial charge in [-0.2, -0.15) is 15.0 Å². The van der Waals surface area contributed by atoms with Crippen LogP contribution in [0.2, 0.25) is 0 Å². The molecule has 1 unspecified atom stereocenters. The molecule has 0 aromatic carbocycles. The predicted molar refractivity (Wildman–Crippen MR) is 70.9 cm³/mol. The number of nitrogens with zero attached hydrogens (tertiary/aromatic N) is 5. The standard InChI is InChI=1S/C11H17N7O/c1-3-19-6-8(2)14-10-15-9(12)16-11(17-10)18-5-4-13-7-18/h4-5,7-8H,3,6H2,1-2H3,(H3,12,14,15,16,17). The summed E-state index contributed by atoms with van der Waals surface area (Å²) < 4.78 is 6.98. The monoisotopic (exact) mass is 263 g/mol. The maximum absolute atomic E-state index is 5.67. The first-order valence-electron chi connectivity index (χ1n) is 6.03. The minimum absolute atomic E-state index is 0.0809. The van der Waals surface area contributed by atoms with Crippen molar-refractivity contribution in [1.29, 1.82) is 0 Å². The van der Waals surface area contributed by atoms with E-state index >= 15 is 0 Å². The number of imidazole rings is 1. The summed E-state index contributed by atoms with van der Waals surface area (Å²) in [4.78, 5) is 16.3. The summed E-state index contributed by atoms with van der Waals surface area (Å²) in [6.07, 6.45) is 4.98. The van der Waals surface area contributed by atoms with Gasteiger partial charge in [0.05, 0.1) is 6.61 Å². The molecule has 0 saturated carbocycles. The van der Waals surface area contributed by atoms with Crippen LogP contribution in [0.4, 0.5) is 11.9 Å². The summed E-state index contributed by atoms with van der Waals surface area (Å²) in [6, 6.07) is 0.0809. The zero-order valence-electron chi connectivity index (χ0n) is 10.9. The molecule has 1 atom stereocenters. The Hall–Kier alpha value is -2.22. The Balaban J connectivity index is 2.13. The van der Waals surface area contributed by atoms with Gasteiger partial charge in [-0.25, -0.2) is 4.98 Å². The number of hydrogen-bond donors (Lipinski definition) is 2. The van der Waals surface area contributed by atoms with Crippen molar-refractivity contribution in [1.82, 2.24) is 24.5 Å². The van der Waals surface area contributed by atoms with Gasteiger partial charge in [-0.3, -0.25) is 4.57 Å². The van der Waals surface area contributed by atoms with Crippen molar-refractivity contribution >= 4 is 11.9 Å². The SMILES string of the molecule is CCOCC(C)Nc1nc(N)nc(-n2ccnc2)n1. The van der Waals surface area contributed by atoms with Crippen LogP contribution < -0.4 is 11.1 Å². The molecule has 0 amide bonds. The van der Waals surface area contributed by atoms with Gasteiger partial charge in [0.25, 0.3) is 0 Å². The third-order valence-electron chi connectivity index (χ3n) is 2.32. The fourth-order valence-corrected chi connectivity index (χ4v) is 1.49. The zero-order valence-corrected chi connectivity index (χ0v) is 10.9. The van der Waals surface area contributed by atoms with Crippen LogP contribution >= 0.6 is 0 Å². The van der Waals surface area contributed by atoms with E-state index in [1.807, 2.05) is 13.8 Å². The van der Waals surface area contributed by atoms with E-state index in [0.717, 1.165) is 0 Å². The molecular formula is C11H17N7O. The fourth-order valence-electron chi connectivity index (χ4n) is 1.49. The molecule has 8 heteroatoms. The normalized spacial score (nSPS) is 12.3. The molecular weight excluding hydrogens is 246 g/mol. The van der Waals surface area contributed by atoms with Crippen LogP contribution in [0.5, 0.6) is 0 Å². The van der Waals surface area contributed by atoms with Crippen LogP contribution in [0.15, 0.2) is 18.7 Å². The Bertz CT molecular complexity index is 514. The van der Waals surface area contributed by atoms with Gasteiger partial charge in [-0.1, -0.05) is 0 Å². The van der Waals surface area contributed by atoms with E-state index in [4.69, 9.17) is 10.5 Å². The lowest BCUT2D eigenvalue weighted by Gasteiger charge is -2.14. The molecule has 2 heterocycles. The average molecular weight is 263 g/mol. The van der Waals surface area contributed by atoms with Crippen LogP contribution in [0.25, 0.3) is 5.95 Å². The molecule has 3 N–H and O–H groups in total. The number of rotatable bonds is 6. The van der Waals surface area contributed by atoms with Gasteiger partial charge >= 0.3 is 0 Å². The third-order valence-corrected chi connectivity index (χ3v) is 2.32. The quantitative estimate of drug-likeness (QED) is 0.780. The maximum Gasteiger partial charge on any atom is 0.241 e. The van der Waals surface area contributed by atoms with Crippen molar-refractivity contribution in [2.24, 2.45) is 0 Å². The van der Waals surface area contributed by atoms with Crippen molar-refractivity contribution < 1.29 is 4.74 Å². The second-order valence-corrected chi connectivity index (χ2v) is 3.99. The van der Waals surface area contributed by atoms with Crippen LogP contribution in [-0.4, -0.2) is 43.8 Å². The Morgan fingerprint density at radius 2 is 2.26 bits per heavy atom. The van der Waals surface area contributed by atoms with Crippen LogP contribution in [0.1, 0.15) is 13.8 Å². The van der Waals surface area contributed by atoms with Crippen LogP contribution in [0.3, 0.4) is 0 Å². The molecule has 2 aromatic heterocycles. The third kappa shape index (κ3) is 3.62. The first kappa shape index (κ1) is 13.2. The van der Waals surface area contributed by atoms with E-state index in [-0.39, 0.29) is 12.0 Å². The highest BCUT2D eigenvalue weighted by molar-refractivity contribution is 5.35. The minimum Gasteiger partial charge on any atom is -0.380 e. The molecule has 0 fully saturated rings. The largest absolute Gasteiger partial charge is 0.380 e. The zero-order chi connectivity index (χ0) is 13.7. The highest BCUT2D eigenvalue weighted by atomic mass is 16.5. The van der Waals surface area contributed by atoms with E-state index in [9.17, 15) is 0 Å². The number of ether oxygens (including phenoxy) is 1. The van der Waals surface area contributed by atoms with Crippen molar-refractivity contribution in [3.8, 4) is 5.95 Å². The summed E-state index contributed by atoms with van der Waals surface area (Å²) in [7, 11) is 0. The molecule has 0 saturated heterocycles. The molecule has 0 aliphatic rings. The van der Waals surface area contributed by atoms with Gasteiger partial charge in [-0.15, -0.1) is 0 Å². The van der Waals surface area contributed by atoms with E-state index in [1.54, 1.807) is 23.3 Å². The number of nitrogens with two attached hydrogens (primary N) is 1. The molecule has 0 radical (unpaired) electrons. The van der Waals surface area contributed by atoms with Gasteiger partial charge in [0.15, 0.2) is 0 Å². The van der Waals surface area contributed by atoms with Crippen molar-refractivity contribution in [3.05, 3.63) is 18.7 Å². The number of nitrogens with one attached hydrogen (secondary N) is 1. The Labute approximate surface area is 111 Å². The molecule has 102 valence electrons. The van der Waals surface area contributed by atoms with E-state index in [0.29, 0.717) is 25.1 Å². The topological polar surface area (TPSA) is 104 Å². The summed E-state index contributed by atoms with van der Waals surface area (Å²) in [5.41, 5.74) is 5.67. The summed E-state index contributed by atoms with van der Waals surface area (Å²) in [6.45, 7) is 5.17. The molecule has 0 spiro atoms. The first-order chi connectivity index (χ1) is 9.19. The second kappa shape index (κ2) is 6.10. The number of nitrogen functional groups attached to an aromatic ring is 1. The number of aromatic nitrogens is 5. The highest BCUT2D eigenvalue weighted by Gasteiger charge is 2.08. The van der Waals surface area contributed by atoms with Gasteiger partial charge in [0.2, 0.25) is 17.8 Å². The molecule has 0 bridgehead atoms.